The van der Waals surface area contributed by atoms with Gasteiger partial charge in [-0.25, -0.2) is 0 Å². The summed E-state index contributed by atoms with van der Waals surface area (Å²) in [6.07, 6.45) is 0. The Morgan fingerprint density at radius 2 is 1.23 bits per heavy atom. The SMILES string of the molecule is CC(C)(C)c1ccc(N2c3cc4oc5ccccc5c4cc3B3c4c2cc2ccccc2c4-c2cccc4c5c6ccccc6oc5n3c24)c(-c2ccccc2)c1. The number of fused-ring (bicyclic) bond motifs is 14. The average molecular weight is 731 g/mol. The molecule has 0 spiro atoms. The molecule has 3 aromatic heterocycles. The highest BCUT2D eigenvalue weighted by molar-refractivity contribution is 6.90. The number of furan rings is 2. The van der Waals surface area contributed by atoms with Crippen molar-refractivity contribution in [2.45, 2.75) is 26.2 Å². The molecule has 0 fully saturated rings. The first-order valence-corrected chi connectivity index (χ1v) is 19.9. The van der Waals surface area contributed by atoms with Gasteiger partial charge in [-0.05, 0) is 74.1 Å². The number of rotatable bonds is 2. The Bertz CT molecular complexity index is 3530. The van der Waals surface area contributed by atoms with E-state index in [1.54, 1.807) is 0 Å². The van der Waals surface area contributed by atoms with Gasteiger partial charge in [-0.3, -0.25) is 0 Å². The largest absolute Gasteiger partial charge is 0.456 e. The minimum Gasteiger partial charge on any atom is -0.456 e. The van der Waals surface area contributed by atoms with Crippen molar-refractivity contribution in [3.63, 3.8) is 0 Å². The number of para-hydroxylation sites is 3. The third-order valence-corrected chi connectivity index (χ3v) is 12.7. The second-order valence-electron chi connectivity index (χ2n) is 16.8. The summed E-state index contributed by atoms with van der Waals surface area (Å²) in [5, 5.41) is 8.23. The van der Waals surface area contributed by atoms with Crippen molar-refractivity contribution in [2.24, 2.45) is 0 Å². The molecule has 268 valence electrons. The third kappa shape index (κ3) is 4.08. The van der Waals surface area contributed by atoms with Crippen molar-refractivity contribution in [3.8, 4) is 22.3 Å². The van der Waals surface area contributed by atoms with E-state index in [1.807, 2.05) is 0 Å². The fourth-order valence-electron chi connectivity index (χ4n) is 10.2. The number of benzene rings is 8. The molecule has 0 saturated carbocycles. The lowest BCUT2D eigenvalue weighted by molar-refractivity contribution is 0.590. The van der Waals surface area contributed by atoms with Gasteiger partial charge in [0.05, 0.1) is 11.1 Å². The van der Waals surface area contributed by atoms with Crippen LogP contribution in [0, 0.1) is 0 Å². The Kier molecular flexibility index (Phi) is 5.96. The molecule has 2 aliphatic rings. The molecular weight excluding hydrogens is 695 g/mol. The van der Waals surface area contributed by atoms with Crippen LogP contribution in [0.5, 0.6) is 0 Å². The van der Waals surface area contributed by atoms with Gasteiger partial charge < -0.3 is 18.2 Å². The molecule has 2 aliphatic heterocycles. The Morgan fingerprint density at radius 1 is 0.509 bits per heavy atom. The predicted molar refractivity (Wildman–Crippen MR) is 239 cm³/mol. The minimum atomic E-state index is -0.173. The summed E-state index contributed by atoms with van der Waals surface area (Å²) in [4.78, 5) is 2.53. The zero-order valence-corrected chi connectivity index (χ0v) is 31.8. The van der Waals surface area contributed by atoms with Crippen LogP contribution in [-0.2, 0) is 5.41 Å². The minimum absolute atomic E-state index is 0.0308. The van der Waals surface area contributed by atoms with Gasteiger partial charge in [0.1, 0.15) is 16.7 Å². The monoisotopic (exact) mass is 730 g/mol. The number of hydrogen-bond donors (Lipinski definition) is 0. The van der Waals surface area contributed by atoms with E-state index in [1.165, 1.54) is 65.8 Å². The maximum Gasteiger partial charge on any atom is 0.336 e. The highest BCUT2D eigenvalue weighted by Crippen LogP contribution is 2.51. The van der Waals surface area contributed by atoms with E-state index < -0.39 is 0 Å². The molecule has 0 atom stereocenters. The first-order chi connectivity index (χ1) is 27.9. The summed E-state index contributed by atoms with van der Waals surface area (Å²) in [5.74, 6) is 0. The lowest BCUT2D eigenvalue weighted by atomic mass is 9.44. The van der Waals surface area contributed by atoms with Gasteiger partial charge in [0.15, 0.2) is 5.71 Å². The predicted octanol–water partition coefficient (Wildman–Crippen LogP) is 13.0. The van der Waals surface area contributed by atoms with Crippen molar-refractivity contribution in [1.82, 2.24) is 4.48 Å². The number of hydrogen-bond acceptors (Lipinski definition) is 3. The summed E-state index contributed by atoms with van der Waals surface area (Å²) in [7, 11) is 0. The second kappa shape index (κ2) is 10.9. The van der Waals surface area contributed by atoms with Gasteiger partial charge in [-0.2, -0.15) is 0 Å². The Labute approximate surface area is 329 Å². The van der Waals surface area contributed by atoms with Crippen molar-refractivity contribution < 1.29 is 8.83 Å². The molecule has 5 heteroatoms. The number of anilines is 3. The van der Waals surface area contributed by atoms with Gasteiger partial charge >= 0.3 is 6.85 Å². The molecule has 0 aliphatic carbocycles. The smallest absolute Gasteiger partial charge is 0.336 e. The van der Waals surface area contributed by atoms with Crippen molar-refractivity contribution in [1.29, 1.82) is 0 Å². The Hall–Kier alpha value is -6.98. The average Bonchev–Trinajstić information content (AvgIpc) is 3.90. The van der Waals surface area contributed by atoms with Crippen molar-refractivity contribution in [3.05, 3.63) is 163 Å². The maximum atomic E-state index is 6.97. The molecule has 8 aromatic carbocycles. The van der Waals surface area contributed by atoms with Crippen LogP contribution in [0.25, 0.3) is 87.9 Å². The molecule has 0 amide bonds. The molecule has 0 N–H and O–H groups in total. The van der Waals surface area contributed by atoms with Crippen LogP contribution in [-0.4, -0.2) is 11.3 Å². The summed E-state index contributed by atoms with van der Waals surface area (Å²) in [5.41, 5.74) is 16.9. The molecular formula is C52H35BN2O2. The van der Waals surface area contributed by atoms with Gasteiger partial charge in [-0.1, -0.05) is 142 Å². The van der Waals surface area contributed by atoms with Gasteiger partial charge in [0.25, 0.3) is 0 Å². The van der Waals surface area contributed by atoms with Crippen LogP contribution < -0.4 is 15.8 Å². The van der Waals surface area contributed by atoms with E-state index in [4.69, 9.17) is 8.83 Å². The molecule has 13 rings (SSSR count). The molecule has 4 nitrogen and oxygen atoms in total. The van der Waals surface area contributed by atoms with E-state index in [9.17, 15) is 0 Å². The molecule has 11 aromatic rings. The van der Waals surface area contributed by atoms with Crippen LogP contribution >= 0.6 is 0 Å². The zero-order chi connectivity index (χ0) is 37.7. The topological polar surface area (TPSA) is 34.5 Å². The standard InChI is InChI=1S/C52H35BN2O2/c1-52(2,3)32-24-25-41(38(27-32)30-14-5-4-6-15-30)54-42-29-46-39(34-18-9-11-22-44(34)56-46)28-40(42)53-49-43(54)26-31-16-7-8-17-33(31)47(49)36-20-13-21-37-48-35-19-10-12-23-45(35)57-51(48)55(53)50(36)37/h4-29H,1-3H3. The van der Waals surface area contributed by atoms with Crippen LogP contribution in [0.1, 0.15) is 26.3 Å². The summed E-state index contributed by atoms with van der Waals surface area (Å²) in [6, 6.07) is 57.7. The van der Waals surface area contributed by atoms with Crippen molar-refractivity contribution >= 4 is 101 Å². The molecule has 0 saturated heterocycles. The van der Waals surface area contributed by atoms with Crippen molar-refractivity contribution in [2.75, 3.05) is 4.90 Å². The van der Waals surface area contributed by atoms with Crippen LogP contribution in [0.15, 0.2) is 167 Å². The van der Waals surface area contributed by atoms with Crippen LogP contribution in [0.2, 0.25) is 0 Å². The lowest BCUT2D eigenvalue weighted by Crippen LogP contribution is -2.56. The highest BCUT2D eigenvalue weighted by Gasteiger charge is 2.45. The van der Waals surface area contributed by atoms with Crippen LogP contribution in [0.4, 0.5) is 17.1 Å². The summed E-state index contributed by atoms with van der Waals surface area (Å²) in [6.45, 7) is 6.71. The Morgan fingerprint density at radius 3 is 2.05 bits per heavy atom. The third-order valence-electron chi connectivity index (χ3n) is 12.7. The first kappa shape index (κ1) is 31.3. The molecule has 5 heterocycles. The maximum absolute atomic E-state index is 6.97. The van der Waals surface area contributed by atoms with Gasteiger partial charge in [-0.15, -0.1) is 0 Å². The van der Waals surface area contributed by atoms with E-state index >= 15 is 0 Å². The fraction of sp³-hybridized carbons (Fsp3) is 0.0769. The van der Waals surface area contributed by atoms with E-state index in [0.29, 0.717) is 0 Å². The van der Waals surface area contributed by atoms with E-state index in [0.717, 1.165) is 55.7 Å². The summed E-state index contributed by atoms with van der Waals surface area (Å²) < 4.78 is 16.2. The fourth-order valence-corrected chi connectivity index (χ4v) is 10.2. The normalized spacial score (nSPS) is 13.5. The van der Waals surface area contributed by atoms with E-state index in [2.05, 4.69) is 188 Å². The molecule has 0 unspecified atom stereocenters. The number of nitrogens with zero attached hydrogens (tertiary/aromatic N) is 2. The van der Waals surface area contributed by atoms with Crippen LogP contribution in [0.3, 0.4) is 0 Å². The summed E-state index contributed by atoms with van der Waals surface area (Å²) >= 11 is 0. The first-order valence-electron chi connectivity index (χ1n) is 19.9. The van der Waals surface area contributed by atoms with Gasteiger partial charge in [0, 0.05) is 55.6 Å². The Balaban J connectivity index is 1.24. The van der Waals surface area contributed by atoms with E-state index in [-0.39, 0.29) is 12.3 Å². The lowest BCUT2D eigenvalue weighted by Gasteiger charge is -2.41. The molecule has 0 bridgehead atoms. The highest BCUT2D eigenvalue weighted by atomic mass is 16.3. The van der Waals surface area contributed by atoms with Gasteiger partial charge in [0.2, 0.25) is 0 Å². The number of aromatic nitrogens is 1. The zero-order valence-electron chi connectivity index (χ0n) is 31.8. The quantitative estimate of drug-likeness (QED) is 0.166. The molecule has 57 heavy (non-hydrogen) atoms. The second-order valence-corrected chi connectivity index (χ2v) is 16.8. The molecule has 0 radical (unpaired) electrons.